The van der Waals surface area contributed by atoms with Crippen LogP contribution in [0.3, 0.4) is 0 Å². The Kier molecular flexibility index (Phi) is 2.30. The lowest BCUT2D eigenvalue weighted by Gasteiger charge is -2.32. The minimum absolute atomic E-state index is 0.199. The van der Waals surface area contributed by atoms with E-state index in [-0.39, 0.29) is 5.54 Å². The van der Waals surface area contributed by atoms with E-state index in [1.54, 1.807) is 0 Å². The highest BCUT2D eigenvalue weighted by molar-refractivity contribution is 5.41. The number of rotatable bonds is 2. The molecule has 2 heteroatoms. The van der Waals surface area contributed by atoms with Crippen molar-refractivity contribution < 1.29 is 4.74 Å². The molecular weight excluding hydrogens is 198 g/mol. The van der Waals surface area contributed by atoms with Crippen LogP contribution in [0.15, 0.2) is 24.3 Å². The van der Waals surface area contributed by atoms with Crippen LogP contribution in [0, 0.1) is 0 Å². The summed E-state index contributed by atoms with van der Waals surface area (Å²) in [7, 11) is 0. The third-order valence-corrected chi connectivity index (χ3v) is 4.03. The topological polar surface area (TPSA) is 12.2 Å². The summed E-state index contributed by atoms with van der Waals surface area (Å²) in [5.74, 6) is 0. The SMILES string of the molecule is CCCN1CC12c1ccccc1COC2C. The molecule has 1 aromatic carbocycles. The number of benzene rings is 1. The molecule has 1 aromatic rings. The van der Waals surface area contributed by atoms with Crippen LogP contribution < -0.4 is 0 Å². The molecular formula is C14H19NO. The first-order chi connectivity index (χ1) is 7.79. The van der Waals surface area contributed by atoms with Gasteiger partial charge in [0.1, 0.15) is 0 Å². The summed E-state index contributed by atoms with van der Waals surface area (Å²) >= 11 is 0. The normalized spacial score (nSPS) is 36.1. The van der Waals surface area contributed by atoms with E-state index in [0.717, 1.165) is 6.61 Å². The third-order valence-electron chi connectivity index (χ3n) is 4.03. The van der Waals surface area contributed by atoms with Gasteiger partial charge in [-0.2, -0.15) is 0 Å². The highest BCUT2D eigenvalue weighted by atomic mass is 16.5. The first-order valence-corrected chi connectivity index (χ1v) is 6.24. The van der Waals surface area contributed by atoms with Crippen molar-refractivity contribution in [2.75, 3.05) is 13.1 Å². The highest BCUT2D eigenvalue weighted by Crippen LogP contribution is 2.50. The Morgan fingerprint density at radius 1 is 1.44 bits per heavy atom. The molecule has 0 bridgehead atoms. The van der Waals surface area contributed by atoms with Crippen LogP contribution in [0.2, 0.25) is 0 Å². The van der Waals surface area contributed by atoms with Crippen LogP contribution >= 0.6 is 0 Å². The molecule has 3 atom stereocenters. The molecule has 2 aliphatic rings. The first-order valence-electron chi connectivity index (χ1n) is 6.24. The number of ether oxygens (including phenoxy) is 1. The fourth-order valence-corrected chi connectivity index (χ4v) is 3.09. The Bertz CT molecular complexity index is 403. The minimum atomic E-state index is 0.199. The van der Waals surface area contributed by atoms with Crippen LogP contribution in [-0.2, 0) is 16.9 Å². The van der Waals surface area contributed by atoms with E-state index in [2.05, 4.69) is 43.0 Å². The van der Waals surface area contributed by atoms with Gasteiger partial charge in [0.25, 0.3) is 0 Å². The van der Waals surface area contributed by atoms with E-state index in [4.69, 9.17) is 4.74 Å². The zero-order valence-corrected chi connectivity index (χ0v) is 10.1. The number of fused-ring (bicyclic) bond motifs is 2. The molecule has 0 radical (unpaired) electrons. The van der Waals surface area contributed by atoms with E-state index in [1.807, 2.05) is 0 Å². The van der Waals surface area contributed by atoms with E-state index in [0.29, 0.717) is 6.10 Å². The van der Waals surface area contributed by atoms with E-state index >= 15 is 0 Å². The first kappa shape index (κ1) is 10.3. The van der Waals surface area contributed by atoms with Crippen LogP contribution in [0.4, 0.5) is 0 Å². The monoisotopic (exact) mass is 217 g/mol. The Balaban J connectivity index is 1.99. The van der Waals surface area contributed by atoms with Gasteiger partial charge < -0.3 is 4.74 Å². The molecule has 1 spiro atoms. The molecule has 1 fully saturated rings. The predicted molar refractivity (Wildman–Crippen MR) is 64.2 cm³/mol. The van der Waals surface area contributed by atoms with Crippen LogP contribution in [0.25, 0.3) is 0 Å². The van der Waals surface area contributed by atoms with Gasteiger partial charge in [0.2, 0.25) is 0 Å². The van der Waals surface area contributed by atoms with Crippen molar-refractivity contribution in [3.63, 3.8) is 0 Å². The molecule has 86 valence electrons. The summed E-state index contributed by atoms with van der Waals surface area (Å²) in [6.45, 7) is 7.58. The molecule has 0 saturated carbocycles. The molecule has 3 unspecified atom stereocenters. The minimum Gasteiger partial charge on any atom is -0.371 e. The quantitative estimate of drug-likeness (QED) is 0.706. The van der Waals surface area contributed by atoms with Crippen LogP contribution in [0.5, 0.6) is 0 Å². The average molecular weight is 217 g/mol. The molecule has 1 saturated heterocycles. The number of hydrogen-bond donors (Lipinski definition) is 0. The molecule has 0 aromatic heterocycles. The Hall–Kier alpha value is -0.860. The summed E-state index contributed by atoms with van der Waals surface area (Å²) in [6.07, 6.45) is 1.55. The van der Waals surface area contributed by atoms with Crippen molar-refractivity contribution in [2.24, 2.45) is 0 Å². The van der Waals surface area contributed by atoms with Crippen molar-refractivity contribution in [1.29, 1.82) is 0 Å². The van der Waals surface area contributed by atoms with Gasteiger partial charge in [0.15, 0.2) is 0 Å². The van der Waals surface area contributed by atoms with E-state index in [1.165, 1.54) is 30.6 Å². The van der Waals surface area contributed by atoms with Crippen LogP contribution in [-0.4, -0.2) is 24.1 Å². The van der Waals surface area contributed by atoms with Gasteiger partial charge in [-0.25, -0.2) is 0 Å². The fourth-order valence-electron chi connectivity index (χ4n) is 3.09. The largest absolute Gasteiger partial charge is 0.371 e. The maximum Gasteiger partial charge on any atom is 0.0856 e. The predicted octanol–water partition coefficient (Wildman–Crippen LogP) is 2.53. The van der Waals surface area contributed by atoms with Gasteiger partial charge in [-0.05, 0) is 31.0 Å². The lowest BCUT2D eigenvalue weighted by molar-refractivity contribution is -0.00381. The molecule has 0 aliphatic carbocycles. The standard InChI is InChI=1S/C14H19NO/c1-3-8-15-10-14(15)11(2)16-9-12-6-4-5-7-13(12)14/h4-7,11H,3,8-10H2,1-2H3. The van der Waals surface area contributed by atoms with Crippen molar-refractivity contribution in [3.05, 3.63) is 35.4 Å². The fraction of sp³-hybridized carbons (Fsp3) is 0.571. The van der Waals surface area contributed by atoms with Crippen molar-refractivity contribution >= 4 is 0 Å². The number of hydrogen-bond acceptors (Lipinski definition) is 2. The van der Waals surface area contributed by atoms with Gasteiger partial charge in [0.05, 0.1) is 18.2 Å². The zero-order chi connectivity index (χ0) is 11.2. The molecule has 0 N–H and O–H groups in total. The second-order valence-corrected chi connectivity index (χ2v) is 4.96. The van der Waals surface area contributed by atoms with Gasteiger partial charge in [0, 0.05) is 6.54 Å². The van der Waals surface area contributed by atoms with Gasteiger partial charge >= 0.3 is 0 Å². The molecule has 2 nitrogen and oxygen atoms in total. The smallest absolute Gasteiger partial charge is 0.0856 e. The lowest BCUT2D eigenvalue weighted by atomic mass is 9.87. The number of nitrogens with zero attached hydrogens (tertiary/aromatic N) is 1. The lowest BCUT2D eigenvalue weighted by Crippen LogP contribution is -2.36. The highest BCUT2D eigenvalue weighted by Gasteiger charge is 2.59. The van der Waals surface area contributed by atoms with E-state index in [9.17, 15) is 0 Å². The van der Waals surface area contributed by atoms with Crippen LogP contribution in [0.1, 0.15) is 31.4 Å². The molecule has 0 amide bonds. The van der Waals surface area contributed by atoms with Crippen molar-refractivity contribution in [2.45, 2.75) is 38.5 Å². The molecule has 2 aliphatic heterocycles. The van der Waals surface area contributed by atoms with Gasteiger partial charge in [-0.1, -0.05) is 31.2 Å². The second-order valence-electron chi connectivity index (χ2n) is 4.96. The Morgan fingerprint density at radius 3 is 3.06 bits per heavy atom. The summed E-state index contributed by atoms with van der Waals surface area (Å²) in [5, 5.41) is 0. The second kappa shape index (κ2) is 3.57. The average Bonchev–Trinajstić information content (AvgIpc) is 3.01. The Labute approximate surface area is 97.2 Å². The summed E-state index contributed by atoms with van der Waals surface area (Å²) < 4.78 is 5.92. The molecule has 16 heavy (non-hydrogen) atoms. The van der Waals surface area contributed by atoms with Gasteiger partial charge in [-0.15, -0.1) is 0 Å². The van der Waals surface area contributed by atoms with Gasteiger partial charge in [-0.3, -0.25) is 4.90 Å². The summed E-state index contributed by atoms with van der Waals surface area (Å²) in [6, 6.07) is 8.74. The van der Waals surface area contributed by atoms with E-state index < -0.39 is 0 Å². The summed E-state index contributed by atoms with van der Waals surface area (Å²) in [5.41, 5.74) is 3.08. The summed E-state index contributed by atoms with van der Waals surface area (Å²) in [4.78, 5) is 2.55. The molecule has 2 heterocycles. The van der Waals surface area contributed by atoms with Crippen molar-refractivity contribution in [1.82, 2.24) is 4.90 Å². The zero-order valence-electron chi connectivity index (χ0n) is 10.1. The molecule has 3 rings (SSSR count). The Morgan fingerprint density at radius 2 is 2.25 bits per heavy atom. The van der Waals surface area contributed by atoms with Crippen molar-refractivity contribution in [3.8, 4) is 0 Å². The maximum absolute atomic E-state index is 5.92. The third kappa shape index (κ3) is 1.26. The maximum atomic E-state index is 5.92.